The van der Waals surface area contributed by atoms with Crippen LogP contribution in [0.5, 0.6) is 0 Å². The van der Waals surface area contributed by atoms with Crippen molar-refractivity contribution in [3.8, 4) is 0 Å². The highest BCUT2D eigenvalue weighted by Gasteiger charge is 2.33. The van der Waals surface area contributed by atoms with E-state index in [1.54, 1.807) is 0 Å². The van der Waals surface area contributed by atoms with E-state index in [9.17, 15) is 0 Å². The number of nitrogens with zero attached hydrogens (tertiary/aromatic N) is 1. The lowest BCUT2D eigenvalue weighted by Crippen LogP contribution is -2.42. The van der Waals surface area contributed by atoms with Crippen molar-refractivity contribution in [1.82, 2.24) is 0 Å². The fraction of sp³-hybridized carbons (Fsp3) is 0.304. The maximum Gasteiger partial charge on any atom is 0.0582 e. The molecular weight excluding hydrogens is 290 g/mol. The van der Waals surface area contributed by atoms with Gasteiger partial charge in [0, 0.05) is 17.3 Å². The highest BCUT2D eigenvalue weighted by Crippen LogP contribution is 2.42. The first-order valence-electron chi connectivity index (χ1n) is 9.00. The molecule has 122 valence electrons. The van der Waals surface area contributed by atoms with Crippen LogP contribution < -0.4 is 4.90 Å². The quantitative estimate of drug-likeness (QED) is 0.638. The summed E-state index contributed by atoms with van der Waals surface area (Å²) in [4.78, 5) is 2.60. The van der Waals surface area contributed by atoms with E-state index in [0.717, 1.165) is 0 Å². The topological polar surface area (TPSA) is 3.24 Å². The van der Waals surface area contributed by atoms with Gasteiger partial charge in [-0.25, -0.2) is 0 Å². The van der Waals surface area contributed by atoms with Crippen LogP contribution in [0.25, 0.3) is 6.08 Å². The summed E-state index contributed by atoms with van der Waals surface area (Å²) in [6, 6.07) is 9.15. The van der Waals surface area contributed by atoms with Crippen LogP contribution in [0.2, 0.25) is 0 Å². The van der Waals surface area contributed by atoms with Gasteiger partial charge in [0.25, 0.3) is 0 Å². The molecule has 0 radical (unpaired) electrons. The Morgan fingerprint density at radius 2 is 1.58 bits per heavy atom. The monoisotopic (exact) mass is 315 g/mol. The van der Waals surface area contributed by atoms with Gasteiger partial charge in [-0.2, -0.15) is 0 Å². The van der Waals surface area contributed by atoms with Crippen molar-refractivity contribution in [3.05, 3.63) is 83.6 Å². The molecule has 24 heavy (non-hydrogen) atoms. The fourth-order valence-electron chi connectivity index (χ4n) is 4.02. The summed E-state index contributed by atoms with van der Waals surface area (Å²) in [7, 11) is 0. The number of allylic oxidation sites excluding steroid dienone is 7. The predicted octanol–water partition coefficient (Wildman–Crippen LogP) is 5.75. The molecule has 0 saturated heterocycles. The van der Waals surface area contributed by atoms with Crippen LogP contribution in [0, 0.1) is 17.8 Å². The van der Waals surface area contributed by atoms with Crippen LogP contribution in [0.1, 0.15) is 26.3 Å². The minimum Gasteiger partial charge on any atom is -0.336 e. The van der Waals surface area contributed by atoms with Crippen molar-refractivity contribution < 1.29 is 0 Å². The molecule has 3 aliphatic rings. The Balaban J connectivity index is 1.93. The molecule has 1 aliphatic heterocycles. The lowest BCUT2D eigenvalue weighted by atomic mass is 9.83. The molecule has 0 fully saturated rings. The Bertz CT molecular complexity index is 790. The second-order valence-corrected chi connectivity index (χ2v) is 7.23. The summed E-state index contributed by atoms with van der Waals surface area (Å²) in [5.41, 5.74) is 5.44. The van der Waals surface area contributed by atoms with E-state index >= 15 is 0 Å². The van der Waals surface area contributed by atoms with Crippen LogP contribution in [0.3, 0.4) is 0 Å². The van der Waals surface area contributed by atoms with Gasteiger partial charge in [-0.1, -0.05) is 87.6 Å². The molecule has 1 aromatic rings. The van der Waals surface area contributed by atoms with E-state index in [0.29, 0.717) is 23.8 Å². The Morgan fingerprint density at radius 1 is 0.792 bits per heavy atom. The van der Waals surface area contributed by atoms with Crippen LogP contribution in [0.4, 0.5) is 5.69 Å². The zero-order chi connectivity index (χ0) is 16.7. The number of hydrogen-bond donors (Lipinski definition) is 0. The van der Waals surface area contributed by atoms with E-state index in [1.165, 1.54) is 22.5 Å². The molecule has 4 unspecified atom stereocenters. The number of benzene rings is 1. The Kier molecular flexibility index (Phi) is 3.80. The molecule has 0 N–H and O–H groups in total. The number of hydrogen-bond acceptors (Lipinski definition) is 1. The number of rotatable bonds is 1. The van der Waals surface area contributed by atoms with Gasteiger partial charge < -0.3 is 4.90 Å². The normalized spacial score (nSPS) is 31.0. The van der Waals surface area contributed by atoms with Crippen molar-refractivity contribution in [1.29, 1.82) is 0 Å². The lowest BCUT2D eigenvalue weighted by molar-refractivity contribution is 0.476. The second-order valence-electron chi connectivity index (χ2n) is 7.23. The molecule has 1 heteroatoms. The van der Waals surface area contributed by atoms with Gasteiger partial charge in [-0.05, 0) is 29.0 Å². The van der Waals surface area contributed by atoms with Crippen LogP contribution in [0.15, 0.2) is 78.1 Å². The Hall–Kier alpha value is -2.28. The van der Waals surface area contributed by atoms with E-state index in [4.69, 9.17) is 0 Å². The van der Waals surface area contributed by atoms with Gasteiger partial charge in [-0.3, -0.25) is 0 Å². The van der Waals surface area contributed by atoms with Crippen LogP contribution >= 0.6 is 0 Å². The lowest BCUT2D eigenvalue weighted by Gasteiger charge is -2.42. The van der Waals surface area contributed by atoms with Gasteiger partial charge in [-0.15, -0.1) is 0 Å². The third-order valence-corrected chi connectivity index (χ3v) is 5.66. The van der Waals surface area contributed by atoms with E-state index < -0.39 is 0 Å². The predicted molar refractivity (Wildman–Crippen MR) is 104 cm³/mol. The number of anilines is 1. The molecule has 0 aromatic heterocycles. The smallest absolute Gasteiger partial charge is 0.0582 e. The zero-order valence-electron chi connectivity index (χ0n) is 14.7. The van der Waals surface area contributed by atoms with E-state index in [1.807, 2.05) is 0 Å². The summed E-state index contributed by atoms with van der Waals surface area (Å²) < 4.78 is 0. The molecule has 0 spiro atoms. The average molecular weight is 315 g/mol. The minimum absolute atomic E-state index is 0.363. The standard InChI is InChI=1S/C23H25N/c1-16-12-13-20-15-14-19-9-5-7-11-22(19)24(23(20)18(16)3)21-10-6-4-8-17(21)2/h4-18,21H,1-3H3. The fourth-order valence-corrected chi connectivity index (χ4v) is 4.02. The van der Waals surface area contributed by atoms with Gasteiger partial charge >= 0.3 is 0 Å². The first-order chi connectivity index (χ1) is 11.7. The third kappa shape index (κ3) is 2.39. The van der Waals surface area contributed by atoms with Crippen molar-refractivity contribution in [3.63, 3.8) is 0 Å². The van der Waals surface area contributed by atoms with E-state index in [2.05, 4.69) is 98.5 Å². The summed E-state index contributed by atoms with van der Waals surface area (Å²) >= 11 is 0. The van der Waals surface area contributed by atoms with Crippen molar-refractivity contribution >= 4 is 11.8 Å². The van der Waals surface area contributed by atoms with Gasteiger partial charge in [0.15, 0.2) is 0 Å². The first kappa shape index (κ1) is 15.3. The molecule has 4 atom stereocenters. The highest BCUT2D eigenvalue weighted by atomic mass is 15.2. The summed E-state index contributed by atoms with van der Waals surface area (Å²) in [5.74, 6) is 1.55. The average Bonchev–Trinajstić information content (AvgIpc) is 2.76. The molecule has 1 heterocycles. The number of para-hydroxylation sites is 1. The van der Waals surface area contributed by atoms with Gasteiger partial charge in [0.05, 0.1) is 6.04 Å². The SMILES string of the molecule is CC1C=CC2=C(C1C)N(C1C=CC=CC1C)c1ccccc1C=C2. The second kappa shape index (κ2) is 5.98. The molecule has 1 aromatic carbocycles. The molecule has 1 nitrogen and oxygen atoms in total. The molecule has 0 amide bonds. The molecule has 0 bridgehead atoms. The Labute approximate surface area is 145 Å². The first-order valence-corrected chi connectivity index (χ1v) is 9.00. The van der Waals surface area contributed by atoms with Gasteiger partial charge in [0.1, 0.15) is 0 Å². The summed E-state index contributed by atoms with van der Waals surface area (Å²) in [5, 5.41) is 0. The largest absolute Gasteiger partial charge is 0.336 e. The number of fused-ring (bicyclic) bond motifs is 1. The summed E-state index contributed by atoms with van der Waals surface area (Å²) in [6.45, 7) is 7.01. The van der Waals surface area contributed by atoms with Crippen molar-refractivity contribution in [2.75, 3.05) is 4.90 Å². The van der Waals surface area contributed by atoms with Crippen molar-refractivity contribution in [2.24, 2.45) is 17.8 Å². The van der Waals surface area contributed by atoms with Crippen molar-refractivity contribution in [2.45, 2.75) is 26.8 Å². The minimum atomic E-state index is 0.363. The van der Waals surface area contributed by atoms with Crippen LogP contribution in [-0.4, -0.2) is 6.04 Å². The zero-order valence-corrected chi connectivity index (χ0v) is 14.7. The Morgan fingerprint density at radius 3 is 2.42 bits per heavy atom. The van der Waals surface area contributed by atoms with Crippen LogP contribution in [-0.2, 0) is 0 Å². The molecule has 4 rings (SSSR count). The maximum absolute atomic E-state index is 2.60. The molecule has 2 aliphatic carbocycles. The highest BCUT2D eigenvalue weighted by molar-refractivity contribution is 5.76. The maximum atomic E-state index is 2.60. The van der Waals surface area contributed by atoms with E-state index in [-0.39, 0.29) is 0 Å². The summed E-state index contributed by atoms with van der Waals surface area (Å²) in [6.07, 6.45) is 18.3. The molecule has 0 saturated carbocycles. The third-order valence-electron chi connectivity index (χ3n) is 5.66. The van der Waals surface area contributed by atoms with Gasteiger partial charge in [0.2, 0.25) is 0 Å². The molecular formula is C23H25N.